The van der Waals surface area contributed by atoms with Gasteiger partial charge in [0.1, 0.15) is 5.82 Å². The fourth-order valence-corrected chi connectivity index (χ4v) is 2.67. The van der Waals surface area contributed by atoms with Gasteiger partial charge >= 0.3 is 0 Å². The molecule has 5 nitrogen and oxygen atoms in total. The van der Waals surface area contributed by atoms with Crippen LogP contribution in [0.3, 0.4) is 0 Å². The maximum Gasteiger partial charge on any atom is 0.224 e. The summed E-state index contributed by atoms with van der Waals surface area (Å²) in [4.78, 5) is 18.1. The maximum absolute atomic E-state index is 11.3. The van der Waals surface area contributed by atoms with E-state index in [1.165, 1.54) is 18.5 Å². The van der Waals surface area contributed by atoms with Crippen LogP contribution in [0.25, 0.3) is 0 Å². The van der Waals surface area contributed by atoms with Gasteiger partial charge in [0.15, 0.2) is 0 Å². The Hall–Kier alpha value is -2.56. The first kappa shape index (κ1) is 15.3. The van der Waals surface area contributed by atoms with Crippen LogP contribution >= 0.6 is 0 Å². The lowest BCUT2D eigenvalue weighted by Crippen LogP contribution is -2.17. The molecule has 0 spiro atoms. The number of nitrogens with zero attached hydrogens (tertiary/aromatic N) is 2. The van der Waals surface area contributed by atoms with E-state index in [-0.39, 0.29) is 5.91 Å². The van der Waals surface area contributed by atoms with Gasteiger partial charge in [-0.2, -0.15) is 0 Å². The van der Waals surface area contributed by atoms with Crippen LogP contribution in [0, 0.1) is 0 Å². The first-order valence-corrected chi connectivity index (χ1v) is 8.12. The molecule has 23 heavy (non-hydrogen) atoms. The molecule has 0 unspecified atom stereocenters. The smallest absolute Gasteiger partial charge is 0.224 e. The minimum absolute atomic E-state index is 0.00925. The van der Waals surface area contributed by atoms with Crippen molar-refractivity contribution in [2.75, 3.05) is 28.6 Å². The Kier molecular flexibility index (Phi) is 4.76. The van der Waals surface area contributed by atoms with E-state index >= 15 is 0 Å². The molecule has 1 aromatic heterocycles. The highest BCUT2D eigenvalue weighted by Gasteiger charge is 2.11. The van der Waals surface area contributed by atoms with Gasteiger partial charge < -0.3 is 15.5 Å². The van der Waals surface area contributed by atoms with Crippen LogP contribution < -0.4 is 15.5 Å². The molecule has 0 aliphatic carbocycles. The van der Waals surface area contributed by atoms with Gasteiger partial charge in [0, 0.05) is 30.9 Å². The summed E-state index contributed by atoms with van der Waals surface area (Å²) in [5.41, 5.74) is 3.00. The second-order valence-corrected chi connectivity index (χ2v) is 5.70. The van der Waals surface area contributed by atoms with Gasteiger partial charge in [-0.15, -0.1) is 0 Å². The van der Waals surface area contributed by atoms with Crippen molar-refractivity contribution in [3.05, 3.63) is 42.6 Å². The highest BCUT2D eigenvalue weighted by Crippen LogP contribution is 2.23. The molecular formula is C18H22N4O. The highest BCUT2D eigenvalue weighted by atomic mass is 16.1. The number of aromatic nitrogens is 1. The summed E-state index contributed by atoms with van der Waals surface area (Å²) in [7, 11) is 0. The van der Waals surface area contributed by atoms with Crippen molar-refractivity contribution in [1.29, 1.82) is 0 Å². The lowest BCUT2D eigenvalue weighted by atomic mass is 10.2. The number of benzene rings is 1. The predicted molar refractivity (Wildman–Crippen MR) is 94.3 cm³/mol. The van der Waals surface area contributed by atoms with Crippen molar-refractivity contribution in [1.82, 2.24) is 4.98 Å². The first-order valence-electron chi connectivity index (χ1n) is 8.12. The van der Waals surface area contributed by atoms with Crippen LogP contribution in [0.4, 0.5) is 22.9 Å². The largest absolute Gasteiger partial charge is 0.372 e. The summed E-state index contributed by atoms with van der Waals surface area (Å²) in [6.07, 6.45) is 4.69. The van der Waals surface area contributed by atoms with Crippen molar-refractivity contribution >= 4 is 28.8 Å². The Balaban J connectivity index is 1.61. The molecule has 1 amide bonds. The van der Waals surface area contributed by atoms with E-state index in [2.05, 4.69) is 44.8 Å². The highest BCUT2D eigenvalue weighted by molar-refractivity contribution is 5.90. The number of amides is 1. The molecule has 120 valence electrons. The van der Waals surface area contributed by atoms with Crippen LogP contribution in [0.15, 0.2) is 42.6 Å². The Morgan fingerprint density at radius 2 is 1.78 bits per heavy atom. The Bertz CT molecular complexity index is 646. The molecule has 0 atom stereocenters. The third-order valence-corrected chi connectivity index (χ3v) is 3.98. The minimum atomic E-state index is -0.00925. The van der Waals surface area contributed by atoms with Crippen LogP contribution in [0.1, 0.15) is 26.2 Å². The van der Waals surface area contributed by atoms with Crippen LogP contribution in [-0.2, 0) is 4.79 Å². The monoisotopic (exact) mass is 310 g/mol. The number of rotatable bonds is 5. The molecule has 3 rings (SSSR count). The number of hydrogen-bond donors (Lipinski definition) is 2. The van der Waals surface area contributed by atoms with Gasteiger partial charge in [-0.3, -0.25) is 4.79 Å². The molecule has 1 aliphatic rings. The van der Waals surface area contributed by atoms with Crippen molar-refractivity contribution in [3.63, 3.8) is 0 Å². The molecule has 1 fully saturated rings. The number of carbonyl (C=O) groups excluding carboxylic acids is 1. The summed E-state index contributed by atoms with van der Waals surface area (Å²) in [5.74, 6) is 0.749. The van der Waals surface area contributed by atoms with Gasteiger partial charge in [0.25, 0.3) is 0 Å². The molecule has 0 saturated carbocycles. The first-order chi connectivity index (χ1) is 11.2. The second kappa shape index (κ2) is 7.13. The van der Waals surface area contributed by atoms with E-state index < -0.39 is 0 Å². The second-order valence-electron chi connectivity index (χ2n) is 5.70. The summed E-state index contributed by atoms with van der Waals surface area (Å²) in [6.45, 7) is 4.13. The van der Waals surface area contributed by atoms with Crippen molar-refractivity contribution in [2.45, 2.75) is 26.2 Å². The third kappa shape index (κ3) is 4.00. The fraction of sp³-hybridized carbons (Fsp3) is 0.333. The Morgan fingerprint density at radius 1 is 1.09 bits per heavy atom. The zero-order chi connectivity index (χ0) is 16.1. The molecule has 1 saturated heterocycles. The van der Waals surface area contributed by atoms with Gasteiger partial charge in [-0.05, 0) is 49.2 Å². The number of nitrogens with one attached hydrogen (secondary N) is 2. The Labute approximate surface area is 136 Å². The van der Waals surface area contributed by atoms with E-state index in [0.29, 0.717) is 12.1 Å². The van der Waals surface area contributed by atoms with Gasteiger partial charge in [-0.1, -0.05) is 6.92 Å². The SMILES string of the molecule is CCC(=O)Nc1ccc(Nc2ccc(N3CCCC3)cc2)nc1. The third-order valence-electron chi connectivity index (χ3n) is 3.98. The number of anilines is 4. The van der Waals surface area contributed by atoms with Crippen LogP contribution in [-0.4, -0.2) is 24.0 Å². The molecule has 2 aromatic rings. The molecule has 2 heterocycles. The van der Waals surface area contributed by atoms with Gasteiger partial charge in [0.2, 0.25) is 5.91 Å². The predicted octanol–water partition coefficient (Wildman–Crippen LogP) is 3.77. The van der Waals surface area contributed by atoms with Gasteiger partial charge in [-0.25, -0.2) is 4.98 Å². The molecule has 1 aromatic carbocycles. The summed E-state index contributed by atoms with van der Waals surface area (Å²) in [6, 6.07) is 12.1. The zero-order valence-electron chi connectivity index (χ0n) is 13.4. The quantitative estimate of drug-likeness (QED) is 0.882. The number of pyridine rings is 1. The van der Waals surface area contributed by atoms with E-state index in [4.69, 9.17) is 0 Å². The van der Waals surface area contributed by atoms with Crippen molar-refractivity contribution in [2.24, 2.45) is 0 Å². The molecule has 0 radical (unpaired) electrons. The molecular weight excluding hydrogens is 288 g/mol. The lowest BCUT2D eigenvalue weighted by Gasteiger charge is -2.17. The average molecular weight is 310 g/mol. The lowest BCUT2D eigenvalue weighted by molar-refractivity contribution is -0.115. The average Bonchev–Trinajstić information content (AvgIpc) is 3.12. The summed E-state index contributed by atoms with van der Waals surface area (Å²) in [5, 5.41) is 6.06. The van der Waals surface area contributed by atoms with E-state index in [0.717, 1.165) is 24.6 Å². The standard InChI is InChI=1S/C18H22N4O/c1-2-18(23)21-15-7-10-17(19-13-15)20-14-5-8-16(9-6-14)22-11-3-4-12-22/h5-10,13H,2-4,11-12H2,1H3,(H,19,20)(H,21,23). The molecule has 1 aliphatic heterocycles. The number of carbonyl (C=O) groups is 1. The zero-order valence-corrected chi connectivity index (χ0v) is 13.4. The summed E-state index contributed by atoms with van der Waals surface area (Å²) >= 11 is 0. The van der Waals surface area contributed by atoms with E-state index in [1.807, 2.05) is 19.1 Å². The van der Waals surface area contributed by atoms with Crippen molar-refractivity contribution in [3.8, 4) is 0 Å². The minimum Gasteiger partial charge on any atom is -0.372 e. The van der Waals surface area contributed by atoms with Gasteiger partial charge in [0.05, 0.1) is 11.9 Å². The van der Waals surface area contributed by atoms with Crippen LogP contribution in [0.5, 0.6) is 0 Å². The van der Waals surface area contributed by atoms with E-state index in [9.17, 15) is 4.79 Å². The van der Waals surface area contributed by atoms with E-state index in [1.54, 1.807) is 6.20 Å². The van der Waals surface area contributed by atoms with Crippen LogP contribution in [0.2, 0.25) is 0 Å². The maximum atomic E-state index is 11.3. The fourth-order valence-electron chi connectivity index (χ4n) is 2.67. The summed E-state index contributed by atoms with van der Waals surface area (Å²) < 4.78 is 0. The normalized spacial score (nSPS) is 13.9. The Morgan fingerprint density at radius 3 is 2.39 bits per heavy atom. The topological polar surface area (TPSA) is 57.3 Å². The molecule has 2 N–H and O–H groups in total. The molecule has 5 heteroatoms. The molecule has 0 bridgehead atoms. The van der Waals surface area contributed by atoms with Crippen molar-refractivity contribution < 1.29 is 4.79 Å². The number of hydrogen-bond acceptors (Lipinski definition) is 4.